The summed E-state index contributed by atoms with van der Waals surface area (Å²) in [7, 11) is 0. The summed E-state index contributed by atoms with van der Waals surface area (Å²) in [6.45, 7) is 1.24. The van der Waals surface area contributed by atoms with E-state index in [1.165, 1.54) is 6.20 Å². The van der Waals surface area contributed by atoms with Crippen LogP contribution < -0.4 is 16.0 Å². The summed E-state index contributed by atoms with van der Waals surface area (Å²) in [5, 5.41) is 13.1. The molecule has 1 saturated heterocycles. The molecule has 2 aliphatic rings. The Labute approximate surface area is 224 Å². The molecule has 0 bridgehead atoms. The average Bonchev–Trinajstić information content (AvgIpc) is 3.24. The maximum atomic E-state index is 14.8. The van der Waals surface area contributed by atoms with Gasteiger partial charge in [0.2, 0.25) is 0 Å². The second kappa shape index (κ2) is 11.0. The van der Waals surface area contributed by atoms with E-state index in [4.69, 9.17) is 5.73 Å². The number of aliphatic hydroxyl groups excluding tert-OH is 1. The molecule has 0 saturated carbocycles. The standard InChI is InChI=1S/C26H26F3N5O4S/c27-16-4-5-19(32-24(16)22-17(28)8-13(9-18(22)29)12-39(37)38)26(36)33-20-10-31-23-15(3-6-21(23)35)25(20)34-7-1-2-14(30)11-34/h4-5,8-10,14,21,35H,1-3,6-7,11-12,30H2,(H,33,36)(H,37,38)/p-1/t14-,21-/m0/s1. The third-order valence-electron chi connectivity index (χ3n) is 6.89. The average molecular weight is 561 g/mol. The number of anilines is 2. The van der Waals surface area contributed by atoms with Gasteiger partial charge in [-0.2, -0.15) is 0 Å². The molecule has 9 nitrogen and oxygen atoms in total. The minimum atomic E-state index is -2.58. The van der Waals surface area contributed by atoms with Gasteiger partial charge in [-0.05, 0) is 55.5 Å². The molecule has 2 aromatic heterocycles. The van der Waals surface area contributed by atoms with Crippen LogP contribution in [0.1, 0.15) is 52.7 Å². The Morgan fingerprint density at radius 1 is 1.21 bits per heavy atom. The van der Waals surface area contributed by atoms with Crippen molar-refractivity contribution in [1.82, 2.24) is 9.97 Å². The smallest absolute Gasteiger partial charge is 0.274 e. The van der Waals surface area contributed by atoms with Gasteiger partial charge in [-0.3, -0.25) is 14.0 Å². The number of pyridine rings is 2. The number of fused-ring (bicyclic) bond motifs is 1. The zero-order valence-corrected chi connectivity index (χ0v) is 21.4. The minimum Gasteiger partial charge on any atom is -0.772 e. The van der Waals surface area contributed by atoms with Crippen molar-refractivity contribution in [2.45, 2.75) is 43.6 Å². The van der Waals surface area contributed by atoms with Gasteiger partial charge in [-0.15, -0.1) is 0 Å². The van der Waals surface area contributed by atoms with Crippen molar-refractivity contribution < 1.29 is 31.8 Å². The van der Waals surface area contributed by atoms with E-state index in [2.05, 4.69) is 15.3 Å². The van der Waals surface area contributed by atoms with Crippen LogP contribution >= 0.6 is 0 Å². The van der Waals surface area contributed by atoms with E-state index in [1.807, 2.05) is 4.90 Å². The molecule has 3 heterocycles. The maximum absolute atomic E-state index is 14.8. The number of aromatic nitrogens is 2. The first-order valence-electron chi connectivity index (χ1n) is 12.3. The molecule has 206 valence electrons. The number of amides is 1. The predicted octanol–water partition coefficient (Wildman–Crippen LogP) is 3.10. The molecule has 3 atom stereocenters. The number of nitrogens with two attached hydrogens (primary N) is 1. The number of carbonyl (C=O) groups excluding carboxylic acids is 1. The summed E-state index contributed by atoms with van der Waals surface area (Å²) in [6.07, 6.45) is 3.48. The molecule has 1 amide bonds. The van der Waals surface area contributed by atoms with Crippen molar-refractivity contribution in [1.29, 1.82) is 0 Å². The molecule has 13 heteroatoms. The number of carbonyl (C=O) groups is 1. The molecule has 1 unspecified atom stereocenters. The van der Waals surface area contributed by atoms with Crippen LogP contribution in [0, 0.1) is 17.5 Å². The first-order valence-corrected chi connectivity index (χ1v) is 13.6. The number of nitrogens with zero attached hydrogens (tertiary/aromatic N) is 3. The van der Waals surface area contributed by atoms with Gasteiger partial charge < -0.3 is 25.6 Å². The number of rotatable bonds is 6. The SMILES string of the molecule is N[C@H]1CCCN(c2c(NC(=O)c3ccc(F)c(-c4c(F)cc(CS(=O)[O-])cc4F)n3)cnc3c2CC[C@@H]3O)C1. The molecule has 0 radical (unpaired) electrons. The van der Waals surface area contributed by atoms with Gasteiger partial charge in [0.25, 0.3) is 5.91 Å². The van der Waals surface area contributed by atoms with Crippen molar-refractivity contribution in [3.05, 3.63) is 70.4 Å². The summed E-state index contributed by atoms with van der Waals surface area (Å²) in [5.74, 6) is -4.89. The van der Waals surface area contributed by atoms with Crippen molar-refractivity contribution in [2.75, 3.05) is 23.3 Å². The second-order valence-corrected chi connectivity index (χ2v) is 10.5. The first-order chi connectivity index (χ1) is 18.6. The molecule has 4 N–H and O–H groups in total. The Morgan fingerprint density at radius 2 is 1.95 bits per heavy atom. The van der Waals surface area contributed by atoms with E-state index in [0.29, 0.717) is 43.0 Å². The largest absolute Gasteiger partial charge is 0.772 e. The van der Waals surface area contributed by atoms with Crippen LogP contribution in [-0.2, 0) is 23.3 Å². The van der Waals surface area contributed by atoms with Crippen LogP contribution in [0.25, 0.3) is 11.3 Å². The molecule has 3 aromatic rings. The number of aliphatic hydroxyl groups is 1. The van der Waals surface area contributed by atoms with Crippen LogP contribution in [0.2, 0.25) is 0 Å². The number of hydrogen-bond donors (Lipinski definition) is 3. The van der Waals surface area contributed by atoms with E-state index >= 15 is 0 Å². The van der Waals surface area contributed by atoms with Crippen LogP contribution in [-0.4, -0.2) is 48.9 Å². The molecule has 0 spiro atoms. The number of hydrogen-bond acceptors (Lipinski definition) is 8. The lowest BCUT2D eigenvalue weighted by atomic mass is 10.0. The second-order valence-electron chi connectivity index (χ2n) is 9.65. The van der Waals surface area contributed by atoms with Gasteiger partial charge in [0.15, 0.2) is 0 Å². The zero-order valence-electron chi connectivity index (χ0n) is 20.6. The van der Waals surface area contributed by atoms with Crippen LogP contribution in [0.4, 0.5) is 24.5 Å². The predicted molar refractivity (Wildman–Crippen MR) is 137 cm³/mol. The van der Waals surface area contributed by atoms with Gasteiger partial charge in [-0.1, -0.05) is 11.1 Å². The summed E-state index contributed by atoms with van der Waals surface area (Å²) in [5.41, 5.74) is 6.57. The van der Waals surface area contributed by atoms with Gasteiger partial charge >= 0.3 is 0 Å². The normalized spacial score (nSPS) is 19.6. The van der Waals surface area contributed by atoms with Crippen LogP contribution in [0.15, 0.2) is 30.5 Å². The Kier molecular flexibility index (Phi) is 7.67. The Bertz CT molecular complexity index is 1450. The lowest BCUT2D eigenvalue weighted by Gasteiger charge is -2.35. The van der Waals surface area contributed by atoms with E-state index < -0.39 is 57.6 Å². The third-order valence-corrected chi connectivity index (χ3v) is 7.46. The topological polar surface area (TPSA) is 144 Å². The molecular weight excluding hydrogens is 535 g/mol. The summed E-state index contributed by atoms with van der Waals surface area (Å²) in [4.78, 5) is 23.5. The van der Waals surface area contributed by atoms with Gasteiger partial charge in [0.05, 0.1) is 34.9 Å². The summed E-state index contributed by atoms with van der Waals surface area (Å²) >= 11 is -2.58. The molecule has 5 rings (SSSR count). The highest BCUT2D eigenvalue weighted by molar-refractivity contribution is 7.78. The number of piperidine rings is 1. The quantitative estimate of drug-likeness (QED) is 0.390. The fraction of sp³-hybridized carbons (Fsp3) is 0.346. The highest BCUT2D eigenvalue weighted by Gasteiger charge is 2.31. The lowest BCUT2D eigenvalue weighted by Crippen LogP contribution is -2.43. The highest BCUT2D eigenvalue weighted by Crippen LogP contribution is 2.41. The number of nitrogens with one attached hydrogen (secondary N) is 1. The van der Waals surface area contributed by atoms with Gasteiger partial charge in [-0.25, -0.2) is 18.2 Å². The fourth-order valence-corrected chi connectivity index (χ4v) is 5.61. The lowest BCUT2D eigenvalue weighted by molar-refractivity contribution is 0.102. The fourth-order valence-electron chi connectivity index (χ4n) is 5.18. The molecular formula is C26H25F3N5O4S-. The number of benzene rings is 1. The van der Waals surface area contributed by atoms with Crippen molar-refractivity contribution in [3.63, 3.8) is 0 Å². The molecule has 1 aliphatic carbocycles. The van der Waals surface area contributed by atoms with E-state index in [9.17, 15) is 31.8 Å². The van der Waals surface area contributed by atoms with Crippen molar-refractivity contribution >= 4 is 28.4 Å². The summed E-state index contributed by atoms with van der Waals surface area (Å²) < 4.78 is 66.0. The first kappa shape index (κ1) is 27.2. The number of halogens is 3. The maximum Gasteiger partial charge on any atom is 0.274 e. The Balaban J connectivity index is 1.49. The molecule has 1 aromatic carbocycles. The van der Waals surface area contributed by atoms with E-state index in [0.717, 1.165) is 42.7 Å². The molecule has 1 fully saturated rings. The van der Waals surface area contributed by atoms with E-state index in [1.54, 1.807) is 0 Å². The zero-order chi connectivity index (χ0) is 27.8. The third kappa shape index (κ3) is 5.53. The van der Waals surface area contributed by atoms with Crippen molar-refractivity contribution in [3.8, 4) is 11.3 Å². The van der Waals surface area contributed by atoms with Crippen LogP contribution in [0.5, 0.6) is 0 Å². The Morgan fingerprint density at radius 3 is 2.64 bits per heavy atom. The monoisotopic (exact) mass is 560 g/mol. The molecule has 1 aliphatic heterocycles. The van der Waals surface area contributed by atoms with Gasteiger partial charge in [0.1, 0.15) is 28.8 Å². The van der Waals surface area contributed by atoms with Crippen molar-refractivity contribution in [2.24, 2.45) is 5.73 Å². The van der Waals surface area contributed by atoms with E-state index in [-0.39, 0.29) is 17.3 Å². The summed E-state index contributed by atoms with van der Waals surface area (Å²) in [6, 6.07) is 3.45. The van der Waals surface area contributed by atoms with Gasteiger partial charge in [0, 0.05) is 30.4 Å². The van der Waals surface area contributed by atoms with Crippen LogP contribution in [0.3, 0.4) is 0 Å². The molecule has 39 heavy (non-hydrogen) atoms. The Hall–Kier alpha value is -3.39. The minimum absolute atomic E-state index is 0.0661. The highest BCUT2D eigenvalue weighted by atomic mass is 32.2.